The molecule has 3 rings (SSSR count). The summed E-state index contributed by atoms with van der Waals surface area (Å²) in [7, 11) is -3.66. The Morgan fingerprint density at radius 3 is 2.24 bits per heavy atom. The molecule has 2 aromatic rings. The Balaban J connectivity index is 1.56. The summed E-state index contributed by atoms with van der Waals surface area (Å²) in [6.07, 6.45) is 0. The molecular weight excluding hydrogens is 414 g/mol. The van der Waals surface area contributed by atoms with E-state index in [9.17, 15) is 18.0 Å². The summed E-state index contributed by atoms with van der Waals surface area (Å²) in [5.74, 6) is 0.731. The van der Waals surface area contributed by atoms with Crippen molar-refractivity contribution in [2.24, 2.45) is 0 Å². The standard InChI is InChI=1S/C19H23N3O5S2/c1-13-15(3)27-19(20-13)28-12-18(24)21-8-10-22(11-9-21)29(25,26)17-6-4-16(5-7-17)14(2)23/h4-7H,8-12H2,1-3H3. The van der Waals surface area contributed by atoms with Crippen LogP contribution in [-0.2, 0) is 14.8 Å². The molecule has 1 fully saturated rings. The van der Waals surface area contributed by atoms with Gasteiger partial charge in [0.25, 0.3) is 5.22 Å². The topological polar surface area (TPSA) is 101 Å². The first-order valence-electron chi connectivity index (χ1n) is 9.14. The van der Waals surface area contributed by atoms with Gasteiger partial charge in [0.05, 0.1) is 16.3 Å². The highest BCUT2D eigenvalue weighted by Gasteiger charge is 2.30. The first-order valence-corrected chi connectivity index (χ1v) is 11.6. The number of aromatic nitrogens is 1. The smallest absolute Gasteiger partial charge is 0.256 e. The van der Waals surface area contributed by atoms with Crippen molar-refractivity contribution in [1.82, 2.24) is 14.2 Å². The first-order chi connectivity index (χ1) is 13.7. The third kappa shape index (κ3) is 4.88. The summed E-state index contributed by atoms with van der Waals surface area (Å²) in [5.41, 5.74) is 1.27. The SMILES string of the molecule is CC(=O)c1ccc(S(=O)(=O)N2CCN(C(=O)CSc3nc(C)c(C)o3)CC2)cc1. The van der Waals surface area contributed by atoms with Crippen molar-refractivity contribution in [2.75, 3.05) is 31.9 Å². The second kappa shape index (κ2) is 8.68. The Labute approximate surface area is 174 Å². The number of hydrogen-bond acceptors (Lipinski definition) is 7. The van der Waals surface area contributed by atoms with Crippen molar-refractivity contribution in [3.63, 3.8) is 0 Å². The van der Waals surface area contributed by atoms with Gasteiger partial charge in [-0.15, -0.1) is 0 Å². The van der Waals surface area contributed by atoms with Crippen LogP contribution in [0.3, 0.4) is 0 Å². The van der Waals surface area contributed by atoms with Gasteiger partial charge in [-0.1, -0.05) is 23.9 Å². The normalized spacial score (nSPS) is 15.5. The van der Waals surface area contributed by atoms with E-state index in [-0.39, 0.29) is 35.4 Å². The fourth-order valence-electron chi connectivity index (χ4n) is 2.91. The number of amides is 1. The third-order valence-electron chi connectivity index (χ3n) is 4.82. The van der Waals surface area contributed by atoms with E-state index in [1.165, 1.54) is 47.3 Å². The summed E-state index contributed by atoms with van der Waals surface area (Å²) in [6, 6.07) is 5.91. The van der Waals surface area contributed by atoms with Crippen molar-refractivity contribution in [1.29, 1.82) is 0 Å². The van der Waals surface area contributed by atoms with Crippen LogP contribution < -0.4 is 0 Å². The minimum atomic E-state index is -3.66. The summed E-state index contributed by atoms with van der Waals surface area (Å²) in [6.45, 7) is 6.21. The lowest BCUT2D eigenvalue weighted by molar-refractivity contribution is -0.129. The highest BCUT2D eigenvalue weighted by atomic mass is 32.2. The van der Waals surface area contributed by atoms with Crippen LogP contribution >= 0.6 is 11.8 Å². The van der Waals surface area contributed by atoms with Gasteiger partial charge in [0, 0.05) is 31.7 Å². The molecule has 0 unspecified atom stereocenters. The van der Waals surface area contributed by atoms with Gasteiger partial charge >= 0.3 is 0 Å². The van der Waals surface area contributed by atoms with Gasteiger partial charge in [-0.3, -0.25) is 9.59 Å². The van der Waals surface area contributed by atoms with Gasteiger partial charge in [0.2, 0.25) is 15.9 Å². The summed E-state index contributed by atoms with van der Waals surface area (Å²) >= 11 is 1.24. The molecule has 0 aliphatic carbocycles. The zero-order valence-corrected chi connectivity index (χ0v) is 18.2. The Morgan fingerprint density at radius 2 is 1.72 bits per heavy atom. The average molecular weight is 438 g/mol. The number of carbonyl (C=O) groups is 2. The van der Waals surface area contributed by atoms with Gasteiger partial charge in [0.15, 0.2) is 5.78 Å². The Morgan fingerprint density at radius 1 is 1.10 bits per heavy atom. The number of Topliss-reactive ketones (excluding diaryl/α,β-unsaturated/α-hetero) is 1. The molecule has 0 spiro atoms. The third-order valence-corrected chi connectivity index (χ3v) is 7.54. The van der Waals surface area contributed by atoms with Crippen LogP contribution in [0.25, 0.3) is 0 Å². The number of thioether (sulfide) groups is 1. The van der Waals surface area contributed by atoms with Gasteiger partial charge in [-0.2, -0.15) is 4.31 Å². The number of hydrogen-bond donors (Lipinski definition) is 0. The Hall–Kier alpha value is -2.17. The molecule has 0 atom stereocenters. The van der Waals surface area contributed by atoms with Gasteiger partial charge in [0.1, 0.15) is 5.76 Å². The van der Waals surface area contributed by atoms with Crippen LogP contribution in [0.15, 0.2) is 38.8 Å². The van der Waals surface area contributed by atoms with Crippen molar-refractivity contribution in [3.05, 3.63) is 41.3 Å². The van der Waals surface area contributed by atoms with Gasteiger partial charge in [-0.05, 0) is 32.9 Å². The minimum absolute atomic E-state index is 0.0774. The number of nitrogens with zero attached hydrogens (tertiary/aromatic N) is 3. The maximum Gasteiger partial charge on any atom is 0.256 e. The van der Waals surface area contributed by atoms with Crippen LogP contribution in [0, 0.1) is 13.8 Å². The number of sulfonamides is 1. The van der Waals surface area contributed by atoms with Crippen molar-refractivity contribution in [3.8, 4) is 0 Å². The molecule has 8 nitrogen and oxygen atoms in total. The molecule has 0 N–H and O–H groups in total. The monoisotopic (exact) mass is 437 g/mol. The summed E-state index contributed by atoms with van der Waals surface area (Å²) < 4.78 is 32.4. The molecule has 1 aromatic carbocycles. The highest BCUT2D eigenvalue weighted by Crippen LogP contribution is 2.22. The number of piperazine rings is 1. The molecule has 156 valence electrons. The molecule has 0 saturated carbocycles. The van der Waals surface area contributed by atoms with Crippen LogP contribution in [0.1, 0.15) is 28.7 Å². The lowest BCUT2D eigenvalue weighted by atomic mass is 10.2. The maximum atomic E-state index is 12.8. The molecule has 1 aromatic heterocycles. The van der Waals surface area contributed by atoms with E-state index in [2.05, 4.69) is 4.98 Å². The molecule has 1 amide bonds. The lowest BCUT2D eigenvalue weighted by Gasteiger charge is -2.34. The molecule has 2 heterocycles. The van der Waals surface area contributed by atoms with Gasteiger partial charge < -0.3 is 9.32 Å². The Bertz CT molecular complexity index is 987. The van der Waals surface area contributed by atoms with E-state index in [4.69, 9.17) is 4.42 Å². The van der Waals surface area contributed by atoms with Crippen LogP contribution in [-0.4, -0.2) is 66.2 Å². The molecule has 1 aliphatic heterocycles. The molecule has 10 heteroatoms. The number of ketones is 1. The number of oxazole rings is 1. The average Bonchev–Trinajstić information content (AvgIpc) is 3.03. The number of aryl methyl sites for hydroxylation is 2. The predicted molar refractivity (Wildman–Crippen MR) is 108 cm³/mol. The molecule has 1 aliphatic rings. The van der Waals surface area contributed by atoms with Crippen molar-refractivity contribution < 1.29 is 22.4 Å². The van der Waals surface area contributed by atoms with E-state index in [0.29, 0.717) is 23.9 Å². The molecule has 0 bridgehead atoms. The van der Waals surface area contributed by atoms with Crippen LogP contribution in [0.5, 0.6) is 0 Å². The van der Waals surface area contributed by atoms with Crippen molar-refractivity contribution >= 4 is 33.5 Å². The van der Waals surface area contributed by atoms with E-state index in [1.54, 1.807) is 4.90 Å². The van der Waals surface area contributed by atoms with Crippen molar-refractivity contribution in [2.45, 2.75) is 30.9 Å². The number of rotatable bonds is 6. The quantitative estimate of drug-likeness (QED) is 0.504. The Kier molecular flexibility index (Phi) is 6.45. The maximum absolute atomic E-state index is 12.8. The molecule has 0 radical (unpaired) electrons. The number of carbonyl (C=O) groups excluding carboxylic acids is 2. The minimum Gasteiger partial charge on any atom is -0.437 e. The second-order valence-corrected chi connectivity index (χ2v) is 9.64. The molecule has 29 heavy (non-hydrogen) atoms. The summed E-state index contributed by atoms with van der Waals surface area (Å²) in [5, 5.41) is 0.462. The van der Waals surface area contributed by atoms with E-state index < -0.39 is 10.0 Å². The first kappa shape index (κ1) is 21.5. The largest absolute Gasteiger partial charge is 0.437 e. The van der Waals surface area contributed by atoms with Crippen LogP contribution in [0.4, 0.5) is 0 Å². The van der Waals surface area contributed by atoms with Gasteiger partial charge in [-0.25, -0.2) is 13.4 Å². The van der Waals surface area contributed by atoms with E-state index >= 15 is 0 Å². The zero-order chi connectivity index (χ0) is 21.2. The summed E-state index contributed by atoms with van der Waals surface area (Å²) in [4.78, 5) is 29.8. The second-order valence-electron chi connectivity index (χ2n) is 6.78. The molecule has 1 saturated heterocycles. The predicted octanol–water partition coefficient (Wildman–Crippen LogP) is 2.12. The highest BCUT2D eigenvalue weighted by molar-refractivity contribution is 7.99. The lowest BCUT2D eigenvalue weighted by Crippen LogP contribution is -2.50. The zero-order valence-electron chi connectivity index (χ0n) is 16.5. The number of benzene rings is 1. The van der Waals surface area contributed by atoms with Crippen LogP contribution in [0.2, 0.25) is 0 Å². The van der Waals surface area contributed by atoms with E-state index in [0.717, 1.165) is 11.5 Å². The fourth-order valence-corrected chi connectivity index (χ4v) is 5.15. The fraction of sp³-hybridized carbons (Fsp3) is 0.421. The van der Waals surface area contributed by atoms with E-state index in [1.807, 2.05) is 13.8 Å². The molecular formula is C19H23N3O5S2.